The number of carbonyl (C=O) groups is 3. The van der Waals surface area contributed by atoms with E-state index in [0.717, 1.165) is 23.2 Å². The Kier molecular flexibility index (Phi) is 3.95. The van der Waals surface area contributed by atoms with Gasteiger partial charge >= 0.3 is 0 Å². The topological polar surface area (TPSA) is 66.5 Å². The van der Waals surface area contributed by atoms with Gasteiger partial charge in [-0.2, -0.15) is 0 Å². The molecule has 5 nitrogen and oxygen atoms in total. The van der Waals surface area contributed by atoms with Crippen molar-refractivity contribution in [3.63, 3.8) is 0 Å². The highest BCUT2D eigenvalue weighted by atomic mass is 16.2. The van der Waals surface area contributed by atoms with Crippen molar-refractivity contribution in [1.82, 2.24) is 0 Å². The summed E-state index contributed by atoms with van der Waals surface area (Å²) in [5.74, 6) is -0.494. The molecule has 2 aromatic carbocycles. The number of aryl methyl sites for hydroxylation is 2. The lowest BCUT2D eigenvalue weighted by Crippen LogP contribution is -2.32. The Balaban J connectivity index is 1.35. The lowest BCUT2D eigenvalue weighted by Gasteiger charge is -2.17. The van der Waals surface area contributed by atoms with Crippen LogP contribution in [0.4, 0.5) is 11.4 Å². The molecule has 5 rings (SSSR count). The Morgan fingerprint density at radius 3 is 2.00 bits per heavy atom. The molecule has 146 valence electrons. The molecule has 1 aliphatic heterocycles. The van der Waals surface area contributed by atoms with Crippen LogP contribution >= 0.6 is 0 Å². The fraction of sp³-hybridized carbons (Fsp3) is 0.292. The molecule has 1 heterocycles. The van der Waals surface area contributed by atoms with Gasteiger partial charge in [-0.25, -0.2) is 0 Å². The van der Waals surface area contributed by atoms with Crippen molar-refractivity contribution in [2.45, 2.75) is 20.3 Å². The van der Waals surface area contributed by atoms with Crippen molar-refractivity contribution in [3.05, 3.63) is 71.3 Å². The van der Waals surface area contributed by atoms with Crippen LogP contribution in [0, 0.1) is 37.5 Å². The van der Waals surface area contributed by atoms with Crippen LogP contribution in [0.1, 0.15) is 27.9 Å². The maximum Gasteiger partial charge on any atom is 0.255 e. The number of hydrogen-bond acceptors (Lipinski definition) is 3. The van der Waals surface area contributed by atoms with Crippen LogP contribution in [0.2, 0.25) is 0 Å². The van der Waals surface area contributed by atoms with E-state index in [0.29, 0.717) is 11.3 Å². The van der Waals surface area contributed by atoms with Crippen molar-refractivity contribution in [1.29, 1.82) is 0 Å². The number of rotatable bonds is 3. The molecule has 2 aromatic rings. The molecule has 0 aromatic heterocycles. The Morgan fingerprint density at radius 1 is 0.897 bits per heavy atom. The summed E-state index contributed by atoms with van der Waals surface area (Å²) in [7, 11) is 0. The first-order valence-corrected chi connectivity index (χ1v) is 9.98. The maximum atomic E-state index is 12.9. The van der Waals surface area contributed by atoms with E-state index in [-0.39, 0.29) is 41.4 Å². The summed E-state index contributed by atoms with van der Waals surface area (Å²) in [6, 6.07) is 12.6. The van der Waals surface area contributed by atoms with Gasteiger partial charge in [0.05, 0.1) is 17.5 Å². The summed E-state index contributed by atoms with van der Waals surface area (Å²) in [5, 5.41) is 2.90. The van der Waals surface area contributed by atoms with Gasteiger partial charge in [0.2, 0.25) is 11.8 Å². The minimum Gasteiger partial charge on any atom is -0.322 e. The predicted molar refractivity (Wildman–Crippen MR) is 111 cm³/mol. The zero-order valence-corrected chi connectivity index (χ0v) is 16.4. The van der Waals surface area contributed by atoms with Gasteiger partial charge in [-0.3, -0.25) is 19.3 Å². The molecular formula is C24H22N2O3. The van der Waals surface area contributed by atoms with Gasteiger partial charge in [-0.15, -0.1) is 0 Å². The summed E-state index contributed by atoms with van der Waals surface area (Å²) >= 11 is 0. The Hall–Kier alpha value is -3.21. The fourth-order valence-electron chi connectivity index (χ4n) is 5.17. The zero-order valence-electron chi connectivity index (χ0n) is 16.4. The zero-order chi connectivity index (χ0) is 20.3. The minimum absolute atomic E-state index is 0.107. The Morgan fingerprint density at radius 2 is 1.45 bits per heavy atom. The van der Waals surface area contributed by atoms with E-state index < -0.39 is 0 Å². The molecule has 2 bridgehead atoms. The number of imide groups is 1. The van der Waals surface area contributed by atoms with Crippen molar-refractivity contribution in [2.24, 2.45) is 23.7 Å². The number of fused-ring (bicyclic) bond motifs is 5. The number of anilines is 2. The molecule has 3 aliphatic rings. The van der Waals surface area contributed by atoms with E-state index in [1.165, 1.54) is 4.90 Å². The van der Waals surface area contributed by atoms with Crippen molar-refractivity contribution >= 4 is 29.1 Å². The van der Waals surface area contributed by atoms with E-state index in [1.54, 1.807) is 24.3 Å². The number of hydrogen-bond donors (Lipinski definition) is 1. The first-order valence-electron chi connectivity index (χ1n) is 9.98. The van der Waals surface area contributed by atoms with Crippen LogP contribution in [-0.2, 0) is 9.59 Å². The second-order valence-electron chi connectivity index (χ2n) is 8.39. The largest absolute Gasteiger partial charge is 0.322 e. The second kappa shape index (κ2) is 6.41. The third-order valence-corrected chi connectivity index (χ3v) is 6.34. The number of carbonyl (C=O) groups excluding carboxylic acids is 3. The third kappa shape index (κ3) is 2.80. The molecule has 0 spiro atoms. The lowest BCUT2D eigenvalue weighted by atomic mass is 9.85. The second-order valence-corrected chi connectivity index (χ2v) is 8.39. The monoisotopic (exact) mass is 386 g/mol. The van der Waals surface area contributed by atoms with Crippen LogP contribution in [0.5, 0.6) is 0 Å². The van der Waals surface area contributed by atoms with E-state index >= 15 is 0 Å². The van der Waals surface area contributed by atoms with Crippen molar-refractivity contribution in [3.8, 4) is 0 Å². The molecule has 1 N–H and O–H groups in total. The Labute approximate surface area is 169 Å². The lowest BCUT2D eigenvalue weighted by molar-refractivity contribution is -0.123. The van der Waals surface area contributed by atoms with Crippen molar-refractivity contribution in [2.75, 3.05) is 10.2 Å². The Bertz CT molecular complexity index is 1020. The van der Waals surface area contributed by atoms with E-state index in [1.807, 2.05) is 32.0 Å². The maximum absolute atomic E-state index is 12.9. The summed E-state index contributed by atoms with van der Waals surface area (Å²) in [4.78, 5) is 39.7. The normalized spacial score (nSPS) is 26.9. The van der Waals surface area contributed by atoms with Gasteiger partial charge in [0.25, 0.3) is 5.91 Å². The molecule has 29 heavy (non-hydrogen) atoms. The molecular weight excluding hydrogens is 364 g/mol. The standard InChI is InChI=1S/C24H22N2O3/c1-13-9-14(2)11-18(10-13)25-22(27)15-5-7-19(8-6-15)26-23(28)20-16-3-4-17(12-16)21(20)24(26)29/h3-11,16-17,20-21H,12H2,1-2H3,(H,25,27)/t16-,17+,20-,21-/m0/s1. The summed E-state index contributed by atoms with van der Waals surface area (Å²) in [5.41, 5.74) is 3.93. The molecule has 3 amide bonds. The summed E-state index contributed by atoms with van der Waals surface area (Å²) in [6.07, 6.45) is 5.08. The highest BCUT2D eigenvalue weighted by Crippen LogP contribution is 2.53. The smallest absolute Gasteiger partial charge is 0.255 e. The SMILES string of the molecule is Cc1cc(C)cc(NC(=O)c2ccc(N3C(=O)[C@@H]4[C@@H](C3=O)[C@H]3C=C[C@@H]4C3)cc2)c1. The molecule has 0 radical (unpaired) electrons. The summed E-state index contributed by atoms with van der Waals surface area (Å²) in [6.45, 7) is 3.97. The molecule has 0 unspecified atom stereocenters. The van der Waals surface area contributed by atoms with Gasteiger partial charge in [-0.1, -0.05) is 18.2 Å². The highest BCUT2D eigenvalue weighted by Gasteiger charge is 2.59. The number of benzene rings is 2. The van der Waals surface area contributed by atoms with E-state index in [4.69, 9.17) is 0 Å². The third-order valence-electron chi connectivity index (χ3n) is 6.34. The van der Waals surface area contributed by atoms with Crippen LogP contribution in [0.25, 0.3) is 0 Å². The molecule has 1 saturated heterocycles. The van der Waals surface area contributed by atoms with Gasteiger partial charge in [0.1, 0.15) is 0 Å². The molecule has 2 aliphatic carbocycles. The first-order chi connectivity index (χ1) is 13.9. The molecule has 2 fully saturated rings. The van der Waals surface area contributed by atoms with Gasteiger partial charge < -0.3 is 5.32 Å². The first kappa shape index (κ1) is 17.9. The van der Waals surface area contributed by atoms with E-state index in [2.05, 4.69) is 17.5 Å². The van der Waals surface area contributed by atoms with Gasteiger partial charge in [0.15, 0.2) is 0 Å². The molecule has 4 atom stereocenters. The average Bonchev–Trinajstić information content (AvgIpc) is 3.35. The van der Waals surface area contributed by atoms with Gasteiger partial charge in [-0.05, 0) is 79.6 Å². The molecule has 5 heteroatoms. The number of allylic oxidation sites excluding steroid dienone is 2. The number of nitrogens with one attached hydrogen (secondary N) is 1. The minimum atomic E-state index is -0.222. The quantitative estimate of drug-likeness (QED) is 0.643. The van der Waals surface area contributed by atoms with Crippen LogP contribution in [-0.4, -0.2) is 17.7 Å². The van der Waals surface area contributed by atoms with Crippen LogP contribution < -0.4 is 10.2 Å². The summed E-state index contributed by atoms with van der Waals surface area (Å²) < 4.78 is 0. The van der Waals surface area contributed by atoms with Crippen LogP contribution in [0.3, 0.4) is 0 Å². The van der Waals surface area contributed by atoms with Gasteiger partial charge in [0, 0.05) is 11.3 Å². The average molecular weight is 386 g/mol. The predicted octanol–water partition coefficient (Wildman–Crippen LogP) is 3.87. The molecule has 1 saturated carbocycles. The number of nitrogens with zero attached hydrogens (tertiary/aromatic N) is 1. The van der Waals surface area contributed by atoms with Crippen LogP contribution in [0.15, 0.2) is 54.6 Å². The highest BCUT2D eigenvalue weighted by molar-refractivity contribution is 6.23. The van der Waals surface area contributed by atoms with E-state index in [9.17, 15) is 14.4 Å². The van der Waals surface area contributed by atoms with Crippen molar-refractivity contribution < 1.29 is 14.4 Å². The number of amides is 3. The fourth-order valence-corrected chi connectivity index (χ4v) is 5.17.